The van der Waals surface area contributed by atoms with Crippen molar-refractivity contribution in [3.63, 3.8) is 0 Å². The summed E-state index contributed by atoms with van der Waals surface area (Å²) in [6.07, 6.45) is 8.75. The van der Waals surface area contributed by atoms with Gasteiger partial charge >= 0.3 is 0 Å². The molecule has 94 valence electrons. The van der Waals surface area contributed by atoms with Gasteiger partial charge in [0.25, 0.3) is 0 Å². The summed E-state index contributed by atoms with van der Waals surface area (Å²) >= 11 is 0. The van der Waals surface area contributed by atoms with E-state index in [4.69, 9.17) is 5.73 Å². The lowest BCUT2D eigenvalue weighted by atomic mass is 9.96. The number of hydrogen-bond donors (Lipinski definition) is 1. The maximum absolute atomic E-state index is 6.07. The van der Waals surface area contributed by atoms with E-state index in [1.165, 1.54) is 31.4 Å². The Morgan fingerprint density at radius 3 is 2.88 bits per heavy atom. The number of aromatic nitrogens is 1. The van der Waals surface area contributed by atoms with Gasteiger partial charge < -0.3 is 5.73 Å². The summed E-state index contributed by atoms with van der Waals surface area (Å²) in [5.41, 5.74) is 7.44. The molecule has 2 heterocycles. The van der Waals surface area contributed by atoms with Crippen molar-refractivity contribution < 1.29 is 0 Å². The second kappa shape index (κ2) is 6.12. The largest absolute Gasteiger partial charge is 0.327 e. The third-order valence-corrected chi connectivity index (χ3v) is 3.71. The van der Waals surface area contributed by atoms with Crippen LogP contribution in [0.2, 0.25) is 0 Å². The molecular formula is C14H23N3. The first kappa shape index (κ1) is 12.5. The Morgan fingerprint density at radius 2 is 2.18 bits per heavy atom. The molecule has 1 aliphatic rings. The minimum absolute atomic E-state index is 0.285. The molecule has 2 rings (SSSR count). The van der Waals surface area contributed by atoms with Crippen molar-refractivity contribution in [3.05, 3.63) is 30.1 Å². The average Bonchev–Trinajstić information content (AvgIpc) is 2.38. The first-order chi connectivity index (χ1) is 8.27. The second-order valence-corrected chi connectivity index (χ2v) is 5.06. The van der Waals surface area contributed by atoms with Crippen molar-refractivity contribution in [2.24, 2.45) is 5.73 Å². The Labute approximate surface area is 104 Å². The number of pyridine rings is 1. The normalized spacial score (nSPS) is 23.5. The summed E-state index contributed by atoms with van der Waals surface area (Å²) in [5, 5.41) is 0. The average molecular weight is 233 g/mol. The van der Waals surface area contributed by atoms with Crippen LogP contribution in [-0.4, -0.2) is 35.1 Å². The molecule has 1 saturated heterocycles. The molecule has 0 amide bonds. The summed E-state index contributed by atoms with van der Waals surface area (Å²) in [4.78, 5) is 6.61. The Bertz CT molecular complexity index is 323. The van der Waals surface area contributed by atoms with Gasteiger partial charge in [-0.2, -0.15) is 0 Å². The predicted octanol–water partition coefficient (Wildman–Crippen LogP) is 1.83. The Balaban J connectivity index is 1.88. The maximum atomic E-state index is 6.07. The SMILES string of the molecule is CC(N)C1CCCCN1CCc1ccncc1. The highest BCUT2D eigenvalue weighted by Gasteiger charge is 2.24. The maximum Gasteiger partial charge on any atom is 0.0270 e. The van der Waals surface area contributed by atoms with Crippen LogP contribution in [0.4, 0.5) is 0 Å². The van der Waals surface area contributed by atoms with Gasteiger partial charge in [0.2, 0.25) is 0 Å². The monoisotopic (exact) mass is 233 g/mol. The first-order valence-corrected chi connectivity index (χ1v) is 6.66. The summed E-state index contributed by atoms with van der Waals surface area (Å²) < 4.78 is 0. The third kappa shape index (κ3) is 3.51. The first-order valence-electron chi connectivity index (χ1n) is 6.66. The molecule has 0 bridgehead atoms. The molecule has 0 spiro atoms. The highest BCUT2D eigenvalue weighted by atomic mass is 15.2. The minimum Gasteiger partial charge on any atom is -0.327 e. The fourth-order valence-electron chi connectivity index (χ4n) is 2.71. The van der Waals surface area contributed by atoms with Crippen LogP contribution in [0.25, 0.3) is 0 Å². The van der Waals surface area contributed by atoms with Gasteiger partial charge in [-0.05, 0) is 50.4 Å². The topological polar surface area (TPSA) is 42.1 Å². The molecule has 1 aromatic heterocycles. The number of rotatable bonds is 4. The number of piperidine rings is 1. The van der Waals surface area contributed by atoms with Crippen molar-refractivity contribution in [3.8, 4) is 0 Å². The van der Waals surface area contributed by atoms with Crippen LogP contribution in [-0.2, 0) is 6.42 Å². The molecule has 1 aliphatic heterocycles. The number of nitrogens with zero attached hydrogens (tertiary/aromatic N) is 2. The van der Waals surface area contributed by atoms with Gasteiger partial charge in [0.05, 0.1) is 0 Å². The number of hydrogen-bond acceptors (Lipinski definition) is 3. The van der Waals surface area contributed by atoms with Crippen LogP contribution in [0.3, 0.4) is 0 Å². The molecular weight excluding hydrogens is 210 g/mol. The molecule has 17 heavy (non-hydrogen) atoms. The molecule has 2 N–H and O–H groups in total. The zero-order valence-corrected chi connectivity index (χ0v) is 10.7. The van der Waals surface area contributed by atoms with E-state index in [9.17, 15) is 0 Å². The molecule has 0 aromatic carbocycles. The van der Waals surface area contributed by atoms with Crippen LogP contribution < -0.4 is 5.73 Å². The van der Waals surface area contributed by atoms with Gasteiger partial charge in [0, 0.05) is 31.0 Å². The standard InChI is InChI=1S/C14H23N3/c1-12(15)14-4-2-3-10-17(14)11-7-13-5-8-16-9-6-13/h5-6,8-9,12,14H,2-4,7,10-11,15H2,1H3. The Kier molecular flexibility index (Phi) is 4.51. The van der Waals surface area contributed by atoms with Crippen LogP contribution in [0.15, 0.2) is 24.5 Å². The Hall–Kier alpha value is -0.930. The van der Waals surface area contributed by atoms with Gasteiger partial charge in [-0.15, -0.1) is 0 Å². The van der Waals surface area contributed by atoms with Crippen molar-refractivity contribution in [1.29, 1.82) is 0 Å². The van der Waals surface area contributed by atoms with E-state index < -0.39 is 0 Å². The Morgan fingerprint density at radius 1 is 1.41 bits per heavy atom. The smallest absolute Gasteiger partial charge is 0.0270 e. The fraction of sp³-hybridized carbons (Fsp3) is 0.643. The van der Waals surface area contributed by atoms with E-state index in [0.717, 1.165) is 13.0 Å². The van der Waals surface area contributed by atoms with E-state index in [1.54, 1.807) is 0 Å². The lowest BCUT2D eigenvalue weighted by molar-refractivity contribution is 0.132. The highest BCUT2D eigenvalue weighted by molar-refractivity contribution is 5.10. The quantitative estimate of drug-likeness (QED) is 0.862. The van der Waals surface area contributed by atoms with Gasteiger partial charge in [-0.3, -0.25) is 9.88 Å². The lowest BCUT2D eigenvalue weighted by Gasteiger charge is -2.38. The minimum atomic E-state index is 0.285. The molecule has 0 aliphatic carbocycles. The van der Waals surface area contributed by atoms with E-state index in [-0.39, 0.29) is 6.04 Å². The van der Waals surface area contributed by atoms with Crippen LogP contribution in [0.1, 0.15) is 31.7 Å². The van der Waals surface area contributed by atoms with Gasteiger partial charge in [-0.1, -0.05) is 6.42 Å². The number of nitrogens with two attached hydrogens (primary N) is 1. The zero-order chi connectivity index (χ0) is 12.1. The molecule has 2 unspecified atom stereocenters. The third-order valence-electron chi connectivity index (χ3n) is 3.71. The molecule has 0 radical (unpaired) electrons. The molecule has 1 fully saturated rings. The van der Waals surface area contributed by atoms with E-state index in [2.05, 4.69) is 28.9 Å². The van der Waals surface area contributed by atoms with E-state index in [1.807, 2.05) is 12.4 Å². The molecule has 3 heteroatoms. The van der Waals surface area contributed by atoms with Crippen LogP contribution >= 0.6 is 0 Å². The second-order valence-electron chi connectivity index (χ2n) is 5.06. The highest BCUT2D eigenvalue weighted by Crippen LogP contribution is 2.19. The molecule has 3 nitrogen and oxygen atoms in total. The van der Waals surface area contributed by atoms with Crippen LogP contribution in [0, 0.1) is 0 Å². The number of likely N-dealkylation sites (tertiary alicyclic amines) is 1. The van der Waals surface area contributed by atoms with Crippen molar-refractivity contribution in [2.75, 3.05) is 13.1 Å². The van der Waals surface area contributed by atoms with Gasteiger partial charge in [0.15, 0.2) is 0 Å². The van der Waals surface area contributed by atoms with Gasteiger partial charge in [-0.25, -0.2) is 0 Å². The summed E-state index contributed by atoms with van der Waals surface area (Å²) in [7, 11) is 0. The van der Waals surface area contributed by atoms with Gasteiger partial charge in [0.1, 0.15) is 0 Å². The molecule has 1 aromatic rings. The molecule has 2 atom stereocenters. The van der Waals surface area contributed by atoms with Crippen molar-refractivity contribution >= 4 is 0 Å². The van der Waals surface area contributed by atoms with Crippen LogP contribution in [0.5, 0.6) is 0 Å². The zero-order valence-electron chi connectivity index (χ0n) is 10.7. The van der Waals surface area contributed by atoms with Crippen molar-refractivity contribution in [1.82, 2.24) is 9.88 Å². The molecule has 0 saturated carbocycles. The summed E-state index contributed by atoms with van der Waals surface area (Å²) in [6.45, 7) is 4.46. The van der Waals surface area contributed by atoms with E-state index >= 15 is 0 Å². The fourth-order valence-corrected chi connectivity index (χ4v) is 2.71. The predicted molar refractivity (Wildman–Crippen MR) is 70.8 cm³/mol. The summed E-state index contributed by atoms with van der Waals surface area (Å²) in [6, 6.07) is 5.06. The lowest BCUT2D eigenvalue weighted by Crippen LogP contribution is -2.49. The van der Waals surface area contributed by atoms with Crippen molar-refractivity contribution in [2.45, 2.75) is 44.7 Å². The summed E-state index contributed by atoms with van der Waals surface area (Å²) in [5.74, 6) is 0. The van der Waals surface area contributed by atoms with E-state index in [0.29, 0.717) is 6.04 Å².